The molecule has 8 heteroatoms. The van der Waals surface area contributed by atoms with Gasteiger partial charge in [-0.25, -0.2) is 4.79 Å². The molecule has 1 aliphatic carbocycles. The van der Waals surface area contributed by atoms with E-state index < -0.39 is 5.97 Å². The number of nitrogens with zero attached hydrogens (tertiary/aromatic N) is 2. The lowest BCUT2D eigenvalue weighted by atomic mass is 9.76. The Balaban J connectivity index is 1.29. The zero-order valence-corrected chi connectivity index (χ0v) is 25.4. The van der Waals surface area contributed by atoms with E-state index in [4.69, 9.17) is 21.2 Å². The predicted molar refractivity (Wildman–Crippen MR) is 169 cm³/mol. The minimum Gasteiger partial charge on any atom is -0.506 e. The topological polar surface area (TPSA) is 88.4 Å². The first-order valence-corrected chi connectivity index (χ1v) is 15.9. The molecule has 3 aliphatic rings. The predicted octanol–water partition coefficient (Wildman–Crippen LogP) is 7.16. The Bertz CT molecular complexity index is 1360. The number of halogens is 1. The molecule has 2 fully saturated rings. The third-order valence-corrected chi connectivity index (χ3v) is 9.10. The van der Waals surface area contributed by atoms with Crippen molar-refractivity contribution in [3.63, 3.8) is 0 Å². The van der Waals surface area contributed by atoms with Gasteiger partial charge in [-0.1, -0.05) is 71.7 Å². The molecule has 5 rings (SSSR count). The van der Waals surface area contributed by atoms with Crippen molar-refractivity contribution in [1.29, 1.82) is 0 Å². The first-order chi connectivity index (χ1) is 21.0. The van der Waals surface area contributed by atoms with Crippen molar-refractivity contribution in [3.8, 4) is 5.75 Å². The Hall–Kier alpha value is -3.58. The second-order valence-corrected chi connectivity index (χ2v) is 12.1. The number of piperidine rings is 1. The largest absolute Gasteiger partial charge is 0.506 e. The van der Waals surface area contributed by atoms with E-state index in [0.717, 1.165) is 56.9 Å². The number of rotatable bonds is 6. The van der Waals surface area contributed by atoms with Crippen molar-refractivity contribution in [2.45, 2.75) is 70.1 Å². The number of benzene rings is 2. The van der Waals surface area contributed by atoms with Gasteiger partial charge in [0.25, 0.3) is 5.91 Å². The normalized spacial score (nSPS) is 21.3. The number of fused-ring (bicyclic) bond motifs is 1. The molecule has 2 aromatic carbocycles. The molecule has 7 nitrogen and oxygen atoms in total. The van der Waals surface area contributed by atoms with Gasteiger partial charge in [-0.2, -0.15) is 0 Å². The molecule has 228 valence electrons. The zero-order chi connectivity index (χ0) is 30.0. The molecule has 0 radical (unpaired) electrons. The molecule has 1 N–H and O–H groups in total. The number of oxime groups is 1. The number of likely N-dealkylation sites (tertiary alicyclic amines) is 1. The minimum atomic E-state index is -0.445. The van der Waals surface area contributed by atoms with Crippen LogP contribution in [-0.4, -0.2) is 53.9 Å². The standard InChI is InChI=1S/C35H41ClN2O5/c36-34-30-22-28(37-43-24-32(40)38-18-16-26(17-19-38)21-25-11-6-5-7-12-25)15-8-3-1-2-4-9-20-42-35(41)33(30)29(23-31(34)39)27-13-10-14-27/h2,4-8,11-12,15,23,26-27,39H,1,3,9-10,13-14,16-22,24H2/b4-2+,15-8+,37-28-. The molecule has 0 atom stereocenters. The van der Waals surface area contributed by atoms with Crippen molar-refractivity contribution in [2.24, 2.45) is 11.1 Å². The summed E-state index contributed by atoms with van der Waals surface area (Å²) in [6.07, 6.45) is 16.3. The molecule has 1 saturated heterocycles. The lowest BCUT2D eigenvalue weighted by Gasteiger charge is -2.31. The summed E-state index contributed by atoms with van der Waals surface area (Å²) in [5.41, 5.74) is 3.49. The number of ether oxygens (including phenoxy) is 1. The maximum absolute atomic E-state index is 13.4. The van der Waals surface area contributed by atoms with Crippen LogP contribution in [-0.2, 0) is 27.2 Å². The fourth-order valence-electron chi connectivity index (χ4n) is 6.01. The molecule has 0 unspecified atom stereocenters. The Kier molecular flexibility index (Phi) is 10.9. The van der Waals surface area contributed by atoms with Crippen LogP contribution < -0.4 is 0 Å². The summed E-state index contributed by atoms with van der Waals surface area (Å²) in [7, 11) is 0. The molecule has 0 bridgehead atoms. The van der Waals surface area contributed by atoms with Crippen LogP contribution >= 0.6 is 11.6 Å². The highest BCUT2D eigenvalue weighted by Gasteiger charge is 2.31. The highest BCUT2D eigenvalue weighted by atomic mass is 35.5. The van der Waals surface area contributed by atoms with Crippen molar-refractivity contribution in [1.82, 2.24) is 4.90 Å². The summed E-state index contributed by atoms with van der Waals surface area (Å²) in [6.45, 7) is 1.51. The second kappa shape index (κ2) is 15.2. The number of cyclic esters (lactones) is 1. The third kappa shape index (κ3) is 8.29. The van der Waals surface area contributed by atoms with Crippen LogP contribution in [0.2, 0.25) is 5.02 Å². The summed E-state index contributed by atoms with van der Waals surface area (Å²) >= 11 is 6.63. The highest BCUT2D eigenvalue weighted by molar-refractivity contribution is 6.33. The van der Waals surface area contributed by atoms with E-state index in [1.165, 1.54) is 5.56 Å². The third-order valence-electron chi connectivity index (χ3n) is 8.68. The number of aromatic hydroxyl groups is 1. The average Bonchev–Trinajstić information content (AvgIpc) is 2.98. The Morgan fingerprint density at radius 1 is 1.05 bits per heavy atom. The van der Waals surface area contributed by atoms with Gasteiger partial charge in [-0.05, 0) is 92.0 Å². The average molecular weight is 605 g/mol. The molecule has 0 spiro atoms. The molecular weight excluding hydrogens is 564 g/mol. The first kappa shape index (κ1) is 30.9. The van der Waals surface area contributed by atoms with Gasteiger partial charge in [-0.3, -0.25) is 4.79 Å². The van der Waals surface area contributed by atoms with E-state index in [2.05, 4.69) is 35.5 Å². The Labute approximate surface area is 259 Å². The van der Waals surface area contributed by atoms with Gasteiger partial charge in [0.05, 0.1) is 22.9 Å². The van der Waals surface area contributed by atoms with E-state index >= 15 is 0 Å². The number of esters is 1. The Morgan fingerprint density at radius 3 is 2.53 bits per heavy atom. The number of carbonyl (C=O) groups is 2. The summed E-state index contributed by atoms with van der Waals surface area (Å²) in [4.78, 5) is 33.8. The fourth-order valence-corrected chi connectivity index (χ4v) is 6.22. The number of phenolic OH excluding ortho intramolecular Hbond substituents is 1. The summed E-state index contributed by atoms with van der Waals surface area (Å²) in [5.74, 6) is 0.137. The van der Waals surface area contributed by atoms with E-state index in [1.54, 1.807) is 6.07 Å². The molecule has 2 aromatic rings. The number of hydrogen-bond donors (Lipinski definition) is 1. The SMILES string of the molecule is O=C1OCC/C=C/CC/C=C/C(=N/OCC(=O)N2CCC(Cc3ccccc3)CC2)Cc2c(Cl)c(O)cc(C3CCC3)c21. The maximum Gasteiger partial charge on any atom is 0.338 e. The van der Waals surface area contributed by atoms with Gasteiger partial charge >= 0.3 is 5.97 Å². The molecular formula is C35H41ClN2O5. The van der Waals surface area contributed by atoms with Crippen LogP contribution in [0.5, 0.6) is 5.75 Å². The fraction of sp³-hybridized carbons (Fsp3) is 0.457. The molecule has 1 saturated carbocycles. The summed E-state index contributed by atoms with van der Waals surface area (Å²) in [6, 6.07) is 12.1. The molecule has 0 aromatic heterocycles. The number of carbonyl (C=O) groups excluding carboxylic acids is 2. The highest BCUT2D eigenvalue weighted by Crippen LogP contribution is 2.43. The van der Waals surface area contributed by atoms with Crippen LogP contribution in [0.1, 0.15) is 84.3 Å². The second-order valence-electron chi connectivity index (χ2n) is 11.7. The van der Waals surface area contributed by atoms with E-state index in [0.29, 0.717) is 42.3 Å². The first-order valence-electron chi connectivity index (χ1n) is 15.5. The number of hydrogen-bond acceptors (Lipinski definition) is 6. The smallest absolute Gasteiger partial charge is 0.338 e. The number of phenols is 1. The molecule has 1 amide bonds. The molecule has 2 aliphatic heterocycles. The Morgan fingerprint density at radius 2 is 1.79 bits per heavy atom. The maximum atomic E-state index is 13.4. The van der Waals surface area contributed by atoms with E-state index in [9.17, 15) is 14.7 Å². The van der Waals surface area contributed by atoms with Gasteiger partial charge in [0.1, 0.15) is 5.75 Å². The monoisotopic (exact) mass is 604 g/mol. The van der Waals surface area contributed by atoms with Crippen molar-refractivity contribution < 1.29 is 24.3 Å². The van der Waals surface area contributed by atoms with Crippen LogP contribution in [0, 0.1) is 5.92 Å². The lowest BCUT2D eigenvalue weighted by Crippen LogP contribution is -2.40. The van der Waals surface area contributed by atoms with Crippen LogP contribution in [0.25, 0.3) is 0 Å². The van der Waals surface area contributed by atoms with Crippen molar-refractivity contribution in [2.75, 3.05) is 26.3 Å². The lowest BCUT2D eigenvalue weighted by molar-refractivity contribution is -0.137. The van der Waals surface area contributed by atoms with E-state index in [-0.39, 0.29) is 42.2 Å². The van der Waals surface area contributed by atoms with Crippen LogP contribution in [0.3, 0.4) is 0 Å². The van der Waals surface area contributed by atoms with E-state index in [1.807, 2.05) is 29.2 Å². The van der Waals surface area contributed by atoms with Crippen molar-refractivity contribution in [3.05, 3.63) is 88.0 Å². The quantitative estimate of drug-likeness (QED) is 0.215. The van der Waals surface area contributed by atoms with Gasteiger partial charge < -0.3 is 19.6 Å². The molecule has 2 heterocycles. The minimum absolute atomic E-state index is 0.0609. The summed E-state index contributed by atoms with van der Waals surface area (Å²) < 4.78 is 5.65. The van der Waals surface area contributed by atoms with Crippen LogP contribution in [0.4, 0.5) is 0 Å². The van der Waals surface area contributed by atoms with Gasteiger partial charge in [0, 0.05) is 19.5 Å². The summed E-state index contributed by atoms with van der Waals surface area (Å²) in [5, 5.41) is 15.2. The van der Waals surface area contributed by atoms with Crippen molar-refractivity contribution >= 4 is 29.2 Å². The number of amides is 1. The number of allylic oxidation sites excluding steroid dienone is 3. The zero-order valence-electron chi connectivity index (χ0n) is 24.7. The van der Waals surface area contributed by atoms with Gasteiger partial charge in [0.15, 0.2) is 6.61 Å². The van der Waals surface area contributed by atoms with Gasteiger partial charge in [-0.15, -0.1) is 0 Å². The van der Waals surface area contributed by atoms with Crippen LogP contribution in [0.15, 0.2) is 65.9 Å². The molecule has 43 heavy (non-hydrogen) atoms. The van der Waals surface area contributed by atoms with Gasteiger partial charge in [0.2, 0.25) is 0 Å².